The molecule has 1 fully saturated rings. The predicted molar refractivity (Wildman–Crippen MR) is 116 cm³/mol. The van der Waals surface area contributed by atoms with E-state index >= 15 is 0 Å². The van der Waals surface area contributed by atoms with E-state index < -0.39 is 0 Å². The smallest absolute Gasteiger partial charge is 0.220 e. The number of aromatic nitrogens is 1. The Kier molecular flexibility index (Phi) is 5.94. The second-order valence-corrected chi connectivity index (χ2v) is 7.45. The Morgan fingerprint density at radius 2 is 2.03 bits per heavy atom. The van der Waals surface area contributed by atoms with Gasteiger partial charge in [-0.25, -0.2) is 4.98 Å². The lowest BCUT2D eigenvalue weighted by atomic mass is 9.99. The van der Waals surface area contributed by atoms with Crippen LogP contribution in [0.25, 0.3) is 10.8 Å². The quantitative estimate of drug-likeness (QED) is 0.665. The topological polar surface area (TPSA) is 54.5 Å². The summed E-state index contributed by atoms with van der Waals surface area (Å²) in [5.74, 6) is 1.91. The van der Waals surface area contributed by atoms with Gasteiger partial charge >= 0.3 is 0 Å². The number of nitrogens with zero attached hydrogens (tertiary/aromatic N) is 2. The SMILES string of the molecule is COc1ccc2ccccc2c1CCC(=O)NCC1CCCN1c1ccccn1. The fraction of sp³-hybridized carbons (Fsp3) is 0.333. The summed E-state index contributed by atoms with van der Waals surface area (Å²) in [5, 5.41) is 5.45. The van der Waals surface area contributed by atoms with Crippen molar-refractivity contribution in [2.24, 2.45) is 0 Å². The maximum atomic E-state index is 12.6. The minimum Gasteiger partial charge on any atom is -0.496 e. The normalized spacial score (nSPS) is 16.2. The van der Waals surface area contributed by atoms with Crippen molar-refractivity contribution in [3.8, 4) is 5.75 Å². The lowest BCUT2D eigenvalue weighted by Gasteiger charge is -2.25. The Labute approximate surface area is 171 Å². The minimum absolute atomic E-state index is 0.0767. The van der Waals surface area contributed by atoms with Gasteiger partial charge in [-0.2, -0.15) is 0 Å². The average Bonchev–Trinajstić information content (AvgIpc) is 3.25. The van der Waals surface area contributed by atoms with Crippen LogP contribution in [0, 0.1) is 0 Å². The number of nitrogens with one attached hydrogen (secondary N) is 1. The van der Waals surface area contributed by atoms with E-state index in [2.05, 4.69) is 33.4 Å². The van der Waals surface area contributed by atoms with Crippen LogP contribution >= 0.6 is 0 Å². The number of methoxy groups -OCH3 is 1. The first-order valence-corrected chi connectivity index (χ1v) is 10.3. The molecule has 1 aliphatic rings. The zero-order valence-corrected chi connectivity index (χ0v) is 16.8. The number of pyridine rings is 1. The van der Waals surface area contributed by atoms with E-state index in [-0.39, 0.29) is 5.91 Å². The molecule has 29 heavy (non-hydrogen) atoms. The van der Waals surface area contributed by atoms with Crippen LogP contribution in [0.5, 0.6) is 5.75 Å². The Morgan fingerprint density at radius 1 is 1.17 bits per heavy atom. The summed E-state index contributed by atoms with van der Waals surface area (Å²) in [5.41, 5.74) is 1.09. The first-order chi connectivity index (χ1) is 14.3. The molecule has 1 aromatic heterocycles. The van der Waals surface area contributed by atoms with E-state index in [1.807, 2.05) is 42.6 Å². The van der Waals surface area contributed by atoms with Crippen LogP contribution in [-0.2, 0) is 11.2 Å². The van der Waals surface area contributed by atoms with Gasteiger partial charge in [-0.05, 0) is 48.2 Å². The van der Waals surface area contributed by atoms with Crippen molar-refractivity contribution in [2.75, 3.05) is 25.1 Å². The van der Waals surface area contributed by atoms with Crippen molar-refractivity contribution in [3.05, 3.63) is 66.4 Å². The number of amides is 1. The van der Waals surface area contributed by atoms with Crippen LogP contribution < -0.4 is 15.0 Å². The van der Waals surface area contributed by atoms with Gasteiger partial charge in [0.2, 0.25) is 5.91 Å². The standard InChI is InChI=1S/C24H27N3O2/c1-29-22-13-11-18-7-2-3-9-20(18)21(22)12-14-24(28)26-17-19-8-6-16-27(19)23-10-4-5-15-25-23/h2-5,7,9-11,13,15,19H,6,8,12,14,16-17H2,1H3,(H,26,28). The summed E-state index contributed by atoms with van der Waals surface area (Å²) in [4.78, 5) is 19.3. The van der Waals surface area contributed by atoms with Crippen molar-refractivity contribution in [2.45, 2.75) is 31.7 Å². The van der Waals surface area contributed by atoms with Crippen LogP contribution in [0.4, 0.5) is 5.82 Å². The number of hydrogen-bond donors (Lipinski definition) is 1. The zero-order chi connectivity index (χ0) is 20.1. The molecule has 0 bridgehead atoms. The highest BCUT2D eigenvalue weighted by atomic mass is 16.5. The molecule has 1 atom stereocenters. The average molecular weight is 389 g/mol. The highest BCUT2D eigenvalue weighted by Gasteiger charge is 2.25. The number of fused-ring (bicyclic) bond motifs is 1. The van der Waals surface area contributed by atoms with Crippen molar-refractivity contribution in [1.82, 2.24) is 10.3 Å². The molecule has 0 radical (unpaired) electrons. The lowest BCUT2D eigenvalue weighted by Crippen LogP contribution is -2.40. The van der Waals surface area contributed by atoms with E-state index in [0.29, 0.717) is 25.4 Å². The Balaban J connectivity index is 1.37. The van der Waals surface area contributed by atoms with Gasteiger partial charge in [0.25, 0.3) is 0 Å². The number of carbonyl (C=O) groups is 1. The fourth-order valence-electron chi connectivity index (χ4n) is 4.20. The van der Waals surface area contributed by atoms with Gasteiger partial charge in [-0.15, -0.1) is 0 Å². The molecule has 1 saturated heterocycles. The summed E-state index contributed by atoms with van der Waals surface area (Å²) >= 11 is 0. The fourth-order valence-corrected chi connectivity index (χ4v) is 4.20. The van der Waals surface area contributed by atoms with Crippen LogP contribution in [0.1, 0.15) is 24.8 Å². The van der Waals surface area contributed by atoms with Gasteiger partial charge in [0.1, 0.15) is 11.6 Å². The number of hydrogen-bond acceptors (Lipinski definition) is 4. The lowest BCUT2D eigenvalue weighted by molar-refractivity contribution is -0.121. The summed E-state index contributed by atoms with van der Waals surface area (Å²) in [6.45, 7) is 1.65. The molecule has 0 saturated carbocycles. The minimum atomic E-state index is 0.0767. The van der Waals surface area contributed by atoms with Gasteiger partial charge in [0, 0.05) is 37.3 Å². The van der Waals surface area contributed by atoms with Crippen LogP contribution in [0.15, 0.2) is 60.8 Å². The Hall–Kier alpha value is -3.08. The Morgan fingerprint density at radius 3 is 2.86 bits per heavy atom. The molecule has 1 amide bonds. The van der Waals surface area contributed by atoms with Crippen LogP contribution in [0.2, 0.25) is 0 Å². The maximum Gasteiger partial charge on any atom is 0.220 e. The van der Waals surface area contributed by atoms with Crippen LogP contribution in [-0.4, -0.2) is 37.1 Å². The Bertz CT molecular complexity index is 974. The van der Waals surface area contributed by atoms with Crippen molar-refractivity contribution < 1.29 is 9.53 Å². The summed E-state index contributed by atoms with van der Waals surface area (Å²) < 4.78 is 5.54. The molecule has 5 heteroatoms. The predicted octanol–water partition coefficient (Wildman–Crippen LogP) is 3.96. The third-order valence-corrected chi connectivity index (χ3v) is 5.68. The highest BCUT2D eigenvalue weighted by molar-refractivity contribution is 5.88. The first-order valence-electron chi connectivity index (χ1n) is 10.3. The second kappa shape index (κ2) is 8.95. The molecular weight excluding hydrogens is 362 g/mol. The second-order valence-electron chi connectivity index (χ2n) is 7.45. The number of benzene rings is 2. The van der Waals surface area contributed by atoms with Gasteiger partial charge in [-0.1, -0.05) is 36.4 Å². The van der Waals surface area contributed by atoms with E-state index in [9.17, 15) is 4.79 Å². The van der Waals surface area contributed by atoms with Gasteiger partial charge in [0.15, 0.2) is 0 Å². The van der Waals surface area contributed by atoms with Gasteiger partial charge in [-0.3, -0.25) is 4.79 Å². The van der Waals surface area contributed by atoms with E-state index in [4.69, 9.17) is 4.74 Å². The molecule has 0 aliphatic carbocycles. The number of carbonyl (C=O) groups excluding carboxylic acids is 1. The number of ether oxygens (including phenoxy) is 1. The molecule has 1 unspecified atom stereocenters. The van der Waals surface area contributed by atoms with E-state index in [1.54, 1.807) is 7.11 Å². The molecule has 3 aromatic rings. The molecule has 1 aliphatic heterocycles. The van der Waals surface area contributed by atoms with Crippen molar-refractivity contribution in [1.29, 1.82) is 0 Å². The molecule has 0 spiro atoms. The van der Waals surface area contributed by atoms with E-state index in [0.717, 1.165) is 41.9 Å². The van der Waals surface area contributed by atoms with Gasteiger partial charge < -0.3 is 15.0 Å². The monoisotopic (exact) mass is 389 g/mol. The molecule has 2 aromatic carbocycles. The zero-order valence-electron chi connectivity index (χ0n) is 16.8. The third kappa shape index (κ3) is 4.34. The first kappa shape index (κ1) is 19.2. The summed E-state index contributed by atoms with van der Waals surface area (Å²) in [7, 11) is 1.68. The van der Waals surface area contributed by atoms with E-state index in [1.165, 1.54) is 5.39 Å². The molecular formula is C24H27N3O2. The number of aryl methyl sites for hydroxylation is 1. The summed E-state index contributed by atoms with van der Waals surface area (Å²) in [6, 6.07) is 18.6. The molecule has 4 rings (SSSR count). The highest BCUT2D eigenvalue weighted by Crippen LogP contribution is 2.29. The molecule has 2 heterocycles. The van der Waals surface area contributed by atoms with Crippen LogP contribution in [0.3, 0.4) is 0 Å². The van der Waals surface area contributed by atoms with Crippen molar-refractivity contribution in [3.63, 3.8) is 0 Å². The number of anilines is 1. The molecule has 5 nitrogen and oxygen atoms in total. The third-order valence-electron chi connectivity index (χ3n) is 5.68. The summed E-state index contributed by atoms with van der Waals surface area (Å²) in [6.07, 6.45) is 5.13. The number of rotatable bonds is 7. The molecule has 150 valence electrons. The van der Waals surface area contributed by atoms with Gasteiger partial charge in [0.05, 0.1) is 7.11 Å². The molecule has 1 N–H and O–H groups in total. The maximum absolute atomic E-state index is 12.6. The van der Waals surface area contributed by atoms with Crippen molar-refractivity contribution >= 4 is 22.5 Å². The largest absolute Gasteiger partial charge is 0.496 e.